The number of unbranched alkanes of at least 4 members (excludes halogenated alkanes) is 11. The minimum Gasteiger partial charge on any atom is -0.465 e. The fourth-order valence-electron chi connectivity index (χ4n) is 5.61. The van der Waals surface area contributed by atoms with E-state index in [0.29, 0.717) is 12.5 Å². The predicted molar refractivity (Wildman–Crippen MR) is 135 cm³/mol. The Bertz CT molecular complexity index is 532. The molecule has 0 amide bonds. The van der Waals surface area contributed by atoms with Crippen molar-refractivity contribution in [2.75, 3.05) is 6.61 Å². The maximum atomic E-state index is 12.9. The van der Waals surface area contributed by atoms with E-state index in [-0.39, 0.29) is 29.9 Å². The Kier molecular flexibility index (Phi) is 14.8. The lowest BCUT2D eigenvalue weighted by Gasteiger charge is -2.33. The first-order chi connectivity index (χ1) is 16.1. The van der Waals surface area contributed by atoms with Gasteiger partial charge in [-0.25, -0.2) is 0 Å². The normalized spacial score (nSPS) is 25.5. The van der Waals surface area contributed by atoms with Gasteiger partial charge in [0.05, 0.1) is 18.4 Å². The Morgan fingerprint density at radius 2 is 1.12 bits per heavy atom. The maximum absolute atomic E-state index is 12.9. The summed E-state index contributed by atoms with van der Waals surface area (Å²) in [6.07, 6.45) is 23.6. The van der Waals surface area contributed by atoms with Crippen LogP contribution < -0.4 is 0 Å². The lowest BCUT2D eigenvalue weighted by Crippen LogP contribution is -2.38. The molecule has 0 N–H and O–H groups in total. The minimum atomic E-state index is -0.303. The Morgan fingerprint density at radius 3 is 1.70 bits per heavy atom. The molecular formula is C29H52O4. The molecule has 0 radical (unpaired) electrons. The smallest absolute Gasteiger partial charge is 0.310 e. The van der Waals surface area contributed by atoms with Crippen LogP contribution in [0.4, 0.5) is 0 Å². The number of carbonyl (C=O) groups is 2. The zero-order valence-corrected chi connectivity index (χ0v) is 21.8. The Morgan fingerprint density at radius 1 is 0.636 bits per heavy atom. The summed E-state index contributed by atoms with van der Waals surface area (Å²) < 4.78 is 11.5. The summed E-state index contributed by atoms with van der Waals surface area (Å²) in [5.74, 6) is -0.496. The lowest BCUT2D eigenvalue weighted by molar-refractivity contribution is -0.168. The highest BCUT2D eigenvalue weighted by atomic mass is 16.5. The van der Waals surface area contributed by atoms with Crippen LogP contribution in [-0.4, -0.2) is 24.6 Å². The summed E-state index contributed by atoms with van der Waals surface area (Å²) in [5, 5.41) is 0. The van der Waals surface area contributed by atoms with Crippen molar-refractivity contribution in [1.29, 1.82) is 0 Å². The first-order valence-corrected chi connectivity index (χ1v) is 14.5. The van der Waals surface area contributed by atoms with Gasteiger partial charge in [0.2, 0.25) is 0 Å². The van der Waals surface area contributed by atoms with Crippen LogP contribution in [0.1, 0.15) is 142 Å². The highest BCUT2D eigenvalue weighted by Crippen LogP contribution is 2.34. The van der Waals surface area contributed by atoms with Crippen molar-refractivity contribution in [3.05, 3.63) is 0 Å². The molecule has 4 heteroatoms. The van der Waals surface area contributed by atoms with Gasteiger partial charge in [0.1, 0.15) is 6.10 Å². The van der Waals surface area contributed by atoms with Crippen molar-refractivity contribution in [3.8, 4) is 0 Å². The molecule has 2 fully saturated rings. The van der Waals surface area contributed by atoms with Crippen molar-refractivity contribution in [3.63, 3.8) is 0 Å². The second-order valence-corrected chi connectivity index (χ2v) is 10.8. The molecule has 0 aromatic rings. The summed E-state index contributed by atoms with van der Waals surface area (Å²) in [7, 11) is 0. The maximum Gasteiger partial charge on any atom is 0.310 e. The topological polar surface area (TPSA) is 52.6 Å². The van der Waals surface area contributed by atoms with Crippen LogP contribution in [-0.2, 0) is 19.1 Å². The van der Waals surface area contributed by atoms with Crippen molar-refractivity contribution < 1.29 is 19.1 Å². The van der Waals surface area contributed by atoms with E-state index >= 15 is 0 Å². The Labute approximate surface area is 203 Å². The van der Waals surface area contributed by atoms with Crippen molar-refractivity contribution in [2.24, 2.45) is 17.8 Å². The van der Waals surface area contributed by atoms with E-state index in [1.165, 1.54) is 70.6 Å². The van der Waals surface area contributed by atoms with Gasteiger partial charge >= 0.3 is 11.9 Å². The fourth-order valence-corrected chi connectivity index (χ4v) is 5.61. The van der Waals surface area contributed by atoms with Crippen LogP contribution in [0.25, 0.3) is 0 Å². The quantitative estimate of drug-likeness (QED) is 0.171. The van der Waals surface area contributed by atoms with Crippen LogP contribution in [0, 0.1) is 17.8 Å². The molecule has 33 heavy (non-hydrogen) atoms. The minimum absolute atomic E-state index is 0.0332. The highest BCUT2D eigenvalue weighted by Gasteiger charge is 2.39. The summed E-state index contributed by atoms with van der Waals surface area (Å²) >= 11 is 0. The molecule has 0 saturated heterocycles. The molecule has 2 aliphatic rings. The van der Waals surface area contributed by atoms with Gasteiger partial charge in [0.15, 0.2) is 0 Å². The van der Waals surface area contributed by atoms with Crippen molar-refractivity contribution in [2.45, 2.75) is 148 Å². The molecule has 0 aliphatic heterocycles. The highest BCUT2D eigenvalue weighted by molar-refractivity contribution is 5.82. The standard InChI is InChI=1S/C29H52O4/c1-3-4-5-6-7-8-9-10-11-12-13-18-23-32-28(30)25-20-15-16-21-26(25)29(31)33-27-22-17-14-19-24(27)2/h24-27H,3-23H2,1-2H3. The summed E-state index contributed by atoms with van der Waals surface area (Å²) in [6, 6.07) is 0. The number of esters is 2. The summed E-state index contributed by atoms with van der Waals surface area (Å²) in [6.45, 7) is 4.94. The molecule has 4 atom stereocenters. The average molecular weight is 465 g/mol. The van der Waals surface area contributed by atoms with Gasteiger partial charge in [0, 0.05) is 0 Å². The van der Waals surface area contributed by atoms with E-state index < -0.39 is 0 Å². The zero-order chi connectivity index (χ0) is 23.7. The van der Waals surface area contributed by atoms with Crippen LogP contribution in [0.5, 0.6) is 0 Å². The third-order valence-electron chi connectivity index (χ3n) is 7.91. The number of hydrogen-bond donors (Lipinski definition) is 0. The van der Waals surface area contributed by atoms with Crippen LogP contribution in [0.15, 0.2) is 0 Å². The summed E-state index contributed by atoms with van der Waals surface area (Å²) in [4.78, 5) is 25.6. The SMILES string of the molecule is CCCCCCCCCCCCCCOC(=O)C1CCCCC1C(=O)OC1CCCCC1C. The van der Waals surface area contributed by atoms with Gasteiger partial charge in [-0.1, -0.05) is 104 Å². The van der Waals surface area contributed by atoms with Gasteiger partial charge in [-0.05, 0) is 44.4 Å². The summed E-state index contributed by atoms with van der Waals surface area (Å²) in [5.41, 5.74) is 0. The molecule has 0 aromatic carbocycles. The second kappa shape index (κ2) is 17.4. The molecule has 0 spiro atoms. The third kappa shape index (κ3) is 11.3. The van der Waals surface area contributed by atoms with E-state index in [1.807, 2.05) is 0 Å². The predicted octanol–water partition coefficient (Wildman–Crippen LogP) is 8.16. The van der Waals surface area contributed by atoms with Crippen LogP contribution in [0.3, 0.4) is 0 Å². The molecular weight excluding hydrogens is 412 g/mol. The second-order valence-electron chi connectivity index (χ2n) is 10.8. The van der Waals surface area contributed by atoms with Crippen molar-refractivity contribution in [1.82, 2.24) is 0 Å². The Hall–Kier alpha value is -1.06. The van der Waals surface area contributed by atoms with E-state index in [0.717, 1.165) is 57.8 Å². The van der Waals surface area contributed by atoms with Gasteiger partial charge in [-0.15, -0.1) is 0 Å². The first kappa shape index (κ1) is 28.2. The molecule has 2 rings (SSSR count). The van der Waals surface area contributed by atoms with Gasteiger partial charge < -0.3 is 9.47 Å². The third-order valence-corrected chi connectivity index (χ3v) is 7.91. The molecule has 4 nitrogen and oxygen atoms in total. The number of ether oxygens (including phenoxy) is 2. The molecule has 0 bridgehead atoms. The number of rotatable bonds is 16. The molecule has 4 unspecified atom stereocenters. The van der Waals surface area contributed by atoms with E-state index in [2.05, 4.69) is 13.8 Å². The van der Waals surface area contributed by atoms with Gasteiger partial charge in [0.25, 0.3) is 0 Å². The number of hydrogen-bond acceptors (Lipinski definition) is 4. The monoisotopic (exact) mass is 464 g/mol. The molecule has 2 saturated carbocycles. The van der Waals surface area contributed by atoms with Gasteiger partial charge in [-0.3, -0.25) is 9.59 Å². The van der Waals surface area contributed by atoms with Crippen LogP contribution in [0.2, 0.25) is 0 Å². The first-order valence-electron chi connectivity index (χ1n) is 14.5. The fraction of sp³-hybridized carbons (Fsp3) is 0.931. The molecule has 0 aromatic heterocycles. The Balaban J connectivity index is 1.55. The molecule has 0 heterocycles. The lowest BCUT2D eigenvalue weighted by atomic mass is 9.79. The van der Waals surface area contributed by atoms with E-state index in [1.54, 1.807) is 0 Å². The largest absolute Gasteiger partial charge is 0.465 e. The number of carbonyl (C=O) groups excluding carboxylic acids is 2. The van der Waals surface area contributed by atoms with Crippen LogP contribution >= 0.6 is 0 Å². The average Bonchev–Trinajstić information content (AvgIpc) is 2.83. The van der Waals surface area contributed by atoms with Gasteiger partial charge in [-0.2, -0.15) is 0 Å². The van der Waals surface area contributed by atoms with E-state index in [9.17, 15) is 9.59 Å². The molecule has 2 aliphatic carbocycles. The van der Waals surface area contributed by atoms with Crippen molar-refractivity contribution >= 4 is 11.9 Å². The zero-order valence-electron chi connectivity index (χ0n) is 21.8. The van der Waals surface area contributed by atoms with E-state index in [4.69, 9.17) is 9.47 Å². The molecule has 192 valence electrons.